The highest BCUT2D eigenvalue weighted by Crippen LogP contribution is 2.26. The number of hydrogen-bond donors (Lipinski definition) is 2. The fourth-order valence-electron chi connectivity index (χ4n) is 4.06. The summed E-state index contributed by atoms with van der Waals surface area (Å²) in [4.78, 5) is 26.0. The van der Waals surface area contributed by atoms with Crippen LogP contribution in [0.5, 0.6) is 5.75 Å². The maximum absolute atomic E-state index is 13.4. The summed E-state index contributed by atoms with van der Waals surface area (Å²) in [5.41, 5.74) is 2.36. The molecule has 3 aromatic rings. The highest BCUT2D eigenvalue weighted by molar-refractivity contribution is 7.08. The van der Waals surface area contributed by atoms with Crippen molar-refractivity contribution in [3.8, 4) is 5.75 Å². The smallest absolute Gasteiger partial charge is 0.333 e. The number of nitrogens with two attached hydrogens (primary N) is 1. The number of rotatable bonds is 14. The second-order valence-corrected chi connectivity index (χ2v) is 9.21. The van der Waals surface area contributed by atoms with Crippen LogP contribution in [0.15, 0.2) is 71.4 Å². The quantitative estimate of drug-likeness (QED) is 0.250. The largest absolute Gasteiger partial charge is 0.497 e. The fraction of sp³-hybridized carbons (Fsp3) is 0.357. The van der Waals surface area contributed by atoms with Gasteiger partial charge in [-0.2, -0.15) is 11.3 Å². The van der Waals surface area contributed by atoms with E-state index in [1.807, 2.05) is 76.7 Å². The van der Waals surface area contributed by atoms with Gasteiger partial charge in [0.05, 0.1) is 7.11 Å². The molecule has 0 amide bonds. The van der Waals surface area contributed by atoms with Crippen LogP contribution in [-0.4, -0.2) is 38.1 Å². The molecular weight excluding hydrogens is 460 g/mol. The zero-order chi connectivity index (χ0) is 25.0. The van der Waals surface area contributed by atoms with E-state index >= 15 is 0 Å². The zero-order valence-corrected chi connectivity index (χ0v) is 21.4. The number of quaternary nitrogens is 1. The molecule has 0 radical (unpaired) electrons. The third-order valence-electron chi connectivity index (χ3n) is 6.18. The van der Waals surface area contributed by atoms with Gasteiger partial charge in [-0.05, 0) is 59.5 Å². The Bertz CT molecular complexity index is 1030. The monoisotopic (exact) mass is 495 g/mol. The number of methoxy groups -OCH3 is 1. The Kier molecular flexibility index (Phi) is 10.3. The summed E-state index contributed by atoms with van der Waals surface area (Å²) in [6, 6.07) is 18.0. The molecule has 1 heterocycles. The van der Waals surface area contributed by atoms with Crippen molar-refractivity contribution in [1.29, 1.82) is 0 Å². The second kappa shape index (κ2) is 13.7. The standard InChI is InChI=1S/C28H34N2O4S/c1-4-20(5-2)26(18-29-17-25(31)21-9-7-6-8-10-21)34-28(32)27(22-15-16-35-19-22)30-23-11-13-24(33-3)14-12-23/h6-16,19-20,26-27,29-30H,4-5,17-18H2,1-3H3/p+1/t26?,27-/m1/s1. The predicted octanol–water partition coefficient (Wildman–Crippen LogP) is 4.70. The molecule has 0 spiro atoms. The first kappa shape index (κ1) is 26.4. The lowest BCUT2D eigenvalue weighted by Gasteiger charge is -2.27. The first-order valence-electron chi connectivity index (χ1n) is 12.1. The summed E-state index contributed by atoms with van der Waals surface area (Å²) in [5, 5.41) is 9.18. The van der Waals surface area contributed by atoms with E-state index in [1.54, 1.807) is 7.11 Å². The Morgan fingerprint density at radius 1 is 1.00 bits per heavy atom. The SMILES string of the molecule is CCC(CC)C(C[NH2+]CC(=O)c1ccccc1)OC(=O)[C@H](Nc1ccc(OC)cc1)c1ccsc1. The predicted molar refractivity (Wildman–Crippen MR) is 140 cm³/mol. The molecule has 0 saturated carbocycles. The van der Waals surface area contributed by atoms with Crippen molar-refractivity contribution in [3.63, 3.8) is 0 Å². The number of carbonyl (C=O) groups is 2. The van der Waals surface area contributed by atoms with Crippen molar-refractivity contribution >= 4 is 28.8 Å². The van der Waals surface area contributed by atoms with Crippen LogP contribution in [0.2, 0.25) is 0 Å². The molecule has 6 nitrogen and oxygen atoms in total. The first-order chi connectivity index (χ1) is 17.0. The van der Waals surface area contributed by atoms with E-state index in [0.717, 1.165) is 29.8 Å². The third kappa shape index (κ3) is 7.67. The maximum atomic E-state index is 13.4. The molecule has 2 atom stereocenters. The maximum Gasteiger partial charge on any atom is 0.333 e. The number of nitrogens with one attached hydrogen (secondary N) is 1. The first-order valence-corrected chi connectivity index (χ1v) is 13.0. The average molecular weight is 496 g/mol. The van der Waals surface area contributed by atoms with Crippen LogP contribution in [0, 0.1) is 5.92 Å². The number of esters is 1. The van der Waals surface area contributed by atoms with Crippen molar-refractivity contribution < 1.29 is 24.4 Å². The number of ether oxygens (including phenoxy) is 2. The summed E-state index contributed by atoms with van der Waals surface area (Å²) in [5.74, 6) is 0.710. The molecule has 2 aromatic carbocycles. The molecule has 0 aliphatic rings. The number of hydrogen-bond acceptors (Lipinski definition) is 6. The number of anilines is 1. The number of ketones is 1. The summed E-state index contributed by atoms with van der Waals surface area (Å²) in [6.45, 7) is 5.07. The van der Waals surface area contributed by atoms with E-state index in [0.29, 0.717) is 18.7 Å². The number of Topliss-reactive ketones (excluding diaryl/α,β-unsaturated/α-hetero) is 1. The highest BCUT2D eigenvalue weighted by atomic mass is 32.1. The molecule has 35 heavy (non-hydrogen) atoms. The fourth-order valence-corrected chi connectivity index (χ4v) is 4.75. The topological polar surface area (TPSA) is 81.2 Å². The second-order valence-electron chi connectivity index (χ2n) is 8.43. The normalized spacial score (nSPS) is 12.7. The lowest BCUT2D eigenvalue weighted by molar-refractivity contribution is -0.650. The van der Waals surface area contributed by atoms with Gasteiger partial charge in [-0.3, -0.25) is 4.79 Å². The molecule has 0 bridgehead atoms. The molecule has 0 aliphatic heterocycles. The van der Waals surface area contributed by atoms with Crippen LogP contribution in [0.3, 0.4) is 0 Å². The number of thiophene rings is 1. The van der Waals surface area contributed by atoms with Crippen molar-refractivity contribution in [2.24, 2.45) is 5.92 Å². The van der Waals surface area contributed by atoms with Gasteiger partial charge in [0, 0.05) is 17.2 Å². The minimum atomic E-state index is -0.627. The van der Waals surface area contributed by atoms with E-state index in [-0.39, 0.29) is 23.8 Å². The van der Waals surface area contributed by atoms with Gasteiger partial charge in [0.2, 0.25) is 5.78 Å². The van der Waals surface area contributed by atoms with Gasteiger partial charge >= 0.3 is 5.97 Å². The Labute approximate surface area is 211 Å². The summed E-state index contributed by atoms with van der Waals surface area (Å²) in [7, 11) is 1.62. The molecule has 0 saturated heterocycles. The van der Waals surface area contributed by atoms with E-state index in [9.17, 15) is 9.59 Å². The van der Waals surface area contributed by atoms with Crippen LogP contribution in [-0.2, 0) is 9.53 Å². The van der Waals surface area contributed by atoms with Crippen LogP contribution < -0.4 is 15.4 Å². The summed E-state index contributed by atoms with van der Waals surface area (Å²) in [6.07, 6.45) is 1.49. The summed E-state index contributed by atoms with van der Waals surface area (Å²) < 4.78 is 11.4. The van der Waals surface area contributed by atoms with E-state index in [1.165, 1.54) is 11.3 Å². The molecule has 0 fully saturated rings. The Morgan fingerprint density at radius 2 is 1.71 bits per heavy atom. The lowest BCUT2D eigenvalue weighted by Crippen LogP contribution is -2.88. The number of benzene rings is 2. The lowest BCUT2D eigenvalue weighted by atomic mass is 9.96. The van der Waals surface area contributed by atoms with Gasteiger partial charge in [0.15, 0.2) is 12.1 Å². The van der Waals surface area contributed by atoms with Crippen molar-refractivity contribution in [3.05, 3.63) is 82.6 Å². The van der Waals surface area contributed by atoms with Gasteiger partial charge in [0.25, 0.3) is 0 Å². The summed E-state index contributed by atoms with van der Waals surface area (Å²) >= 11 is 1.54. The van der Waals surface area contributed by atoms with E-state index in [4.69, 9.17) is 9.47 Å². The molecule has 0 aliphatic carbocycles. The van der Waals surface area contributed by atoms with Gasteiger partial charge in [-0.1, -0.05) is 44.2 Å². The Hall–Kier alpha value is -3.16. The highest BCUT2D eigenvalue weighted by Gasteiger charge is 2.30. The van der Waals surface area contributed by atoms with E-state index < -0.39 is 6.04 Å². The van der Waals surface area contributed by atoms with Crippen LogP contribution in [0.1, 0.15) is 48.7 Å². The molecule has 7 heteroatoms. The van der Waals surface area contributed by atoms with Crippen molar-refractivity contribution in [2.75, 3.05) is 25.5 Å². The minimum absolute atomic E-state index is 0.0672. The molecule has 1 aromatic heterocycles. The third-order valence-corrected chi connectivity index (χ3v) is 6.88. The molecule has 186 valence electrons. The molecule has 3 N–H and O–H groups in total. The van der Waals surface area contributed by atoms with Gasteiger partial charge in [0.1, 0.15) is 18.8 Å². The minimum Gasteiger partial charge on any atom is -0.497 e. The number of carbonyl (C=O) groups excluding carboxylic acids is 2. The zero-order valence-electron chi connectivity index (χ0n) is 20.6. The Morgan fingerprint density at radius 3 is 2.31 bits per heavy atom. The molecule has 3 rings (SSSR count). The van der Waals surface area contributed by atoms with Crippen LogP contribution >= 0.6 is 11.3 Å². The molecular formula is C28H35N2O4S+. The van der Waals surface area contributed by atoms with Gasteiger partial charge in [-0.25, -0.2) is 4.79 Å². The van der Waals surface area contributed by atoms with Crippen molar-refractivity contribution in [2.45, 2.75) is 38.8 Å². The average Bonchev–Trinajstić information content (AvgIpc) is 3.43. The van der Waals surface area contributed by atoms with Gasteiger partial charge < -0.3 is 20.1 Å². The Balaban J connectivity index is 1.69. The van der Waals surface area contributed by atoms with Crippen LogP contribution in [0.4, 0.5) is 5.69 Å². The van der Waals surface area contributed by atoms with Crippen molar-refractivity contribution in [1.82, 2.24) is 0 Å². The molecule has 1 unspecified atom stereocenters. The van der Waals surface area contributed by atoms with Gasteiger partial charge in [-0.15, -0.1) is 0 Å². The van der Waals surface area contributed by atoms with E-state index in [2.05, 4.69) is 19.2 Å². The van der Waals surface area contributed by atoms with Crippen LogP contribution in [0.25, 0.3) is 0 Å².